The lowest BCUT2D eigenvalue weighted by Crippen LogP contribution is -2.66. The average molecular weight is 338 g/mol. The SMILES string of the molecule is C#Cc1ccc(NC(=O)C2(C)CCN2C(=O)c2sccc2C)cc1. The van der Waals surface area contributed by atoms with E-state index < -0.39 is 5.54 Å². The Bertz CT molecular complexity index is 832. The van der Waals surface area contributed by atoms with Crippen molar-refractivity contribution in [3.05, 3.63) is 51.7 Å². The maximum absolute atomic E-state index is 12.7. The second-order valence-electron chi connectivity index (χ2n) is 6.09. The summed E-state index contributed by atoms with van der Waals surface area (Å²) in [5.74, 6) is 2.29. The minimum absolute atomic E-state index is 0.0749. The van der Waals surface area contributed by atoms with E-state index >= 15 is 0 Å². The predicted octanol–water partition coefficient (Wildman–Crippen LogP) is 3.28. The number of thiophene rings is 1. The lowest BCUT2D eigenvalue weighted by molar-refractivity contribution is -0.132. The zero-order valence-corrected chi connectivity index (χ0v) is 14.4. The first kappa shape index (κ1) is 16.3. The van der Waals surface area contributed by atoms with Crippen molar-refractivity contribution in [2.45, 2.75) is 25.8 Å². The van der Waals surface area contributed by atoms with Gasteiger partial charge in [0, 0.05) is 17.8 Å². The quantitative estimate of drug-likeness (QED) is 0.873. The Kier molecular flexibility index (Phi) is 4.16. The van der Waals surface area contributed by atoms with Crippen molar-refractivity contribution >= 4 is 28.8 Å². The molecule has 1 aliphatic rings. The van der Waals surface area contributed by atoms with Crippen molar-refractivity contribution in [2.24, 2.45) is 0 Å². The third-order valence-corrected chi connectivity index (χ3v) is 5.52. The standard InChI is InChI=1S/C19H18N2O2S/c1-4-14-5-7-15(8-6-14)20-18(23)19(3)10-11-21(19)17(22)16-13(2)9-12-24-16/h1,5-9,12H,10-11H2,2-3H3,(H,20,23). The molecule has 0 bridgehead atoms. The van der Waals surface area contributed by atoms with E-state index in [2.05, 4.69) is 11.2 Å². The number of aryl methyl sites for hydroxylation is 1. The Balaban J connectivity index is 1.75. The highest BCUT2D eigenvalue weighted by Crippen LogP contribution is 2.34. The number of anilines is 1. The van der Waals surface area contributed by atoms with E-state index in [0.29, 0.717) is 23.5 Å². The van der Waals surface area contributed by atoms with Crippen LogP contribution in [-0.2, 0) is 4.79 Å². The topological polar surface area (TPSA) is 49.4 Å². The average Bonchev–Trinajstić information content (AvgIpc) is 2.99. The van der Waals surface area contributed by atoms with E-state index in [4.69, 9.17) is 6.42 Å². The Hall–Kier alpha value is -2.58. The smallest absolute Gasteiger partial charge is 0.265 e. The molecule has 1 aliphatic heterocycles. The monoisotopic (exact) mass is 338 g/mol. The number of hydrogen-bond acceptors (Lipinski definition) is 3. The van der Waals surface area contributed by atoms with Gasteiger partial charge in [-0.05, 0) is 61.5 Å². The van der Waals surface area contributed by atoms with Crippen LogP contribution in [0.15, 0.2) is 35.7 Å². The summed E-state index contributed by atoms with van der Waals surface area (Å²) in [6, 6.07) is 9.00. The molecule has 2 heterocycles. The molecule has 0 aliphatic carbocycles. The van der Waals surface area contributed by atoms with E-state index in [0.717, 1.165) is 11.1 Å². The number of rotatable bonds is 3. The number of benzene rings is 1. The van der Waals surface area contributed by atoms with Gasteiger partial charge in [-0.1, -0.05) is 5.92 Å². The fourth-order valence-electron chi connectivity index (χ4n) is 2.75. The largest absolute Gasteiger partial charge is 0.324 e. The lowest BCUT2D eigenvalue weighted by atomic mass is 9.85. The van der Waals surface area contributed by atoms with Crippen LogP contribution in [0.3, 0.4) is 0 Å². The summed E-state index contributed by atoms with van der Waals surface area (Å²) in [5.41, 5.74) is 1.56. The molecule has 0 spiro atoms. The summed E-state index contributed by atoms with van der Waals surface area (Å²) in [6.45, 7) is 4.31. The normalized spacial score (nSPS) is 19.3. The summed E-state index contributed by atoms with van der Waals surface area (Å²) < 4.78 is 0. The lowest BCUT2D eigenvalue weighted by Gasteiger charge is -2.48. The van der Waals surface area contributed by atoms with Crippen LogP contribution in [0.1, 0.15) is 34.1 Å². The molecule has 1 N–H and O–H groups in total. The van der Waals surface area contributed by atoms with Crippen LogP contribution in [0.2, 0.25) is 0 Å². The van der Waals surface area contributed by atoms with Crippen molar-refractivity contribution in [1.29, 1.82) is 0 Å². The summed E-state index contributed by atoms with van der Waals surface area (Å²) >= 11 is 1.41. The van der Waals surface area contributed by atoms with Gasteiger partial charge in [0.1, 0.15) is 5.54 Å². The third kappa shape index (κ3) is 2.70. The first-order chi connectivity index (χ1) is 11.5. The number of terminal acetylenes is 1. The van der Waals surface area contributed by atoms with Crippen molar-refractivity contribution in [3.63, 3.8) is 0 Å². The van der Waals surface area contributed by atoms with Crippen molar-refractivity contribution in [1.82, 2.24) is 4.90 Å². The fourth-order valence-corrected chi connectivity index (χ4v) is 3.62. The van der Waals surface area contributed by atoms with Crippen LogP contribution in [0, 0.1) is 19.3 Å². The van der Waals surface area contributed by atoms with Gasteiger partial charge in [0.2, 0.25) is 5.91 Å². The van der Waals surface area contributed by atoms with E-state index in [9.17, 15) is 9.59 Å². The second-order valence-corrected chi connectivity index (χ2v) is 7.01. The number of nitrogens with zero attached hydrogens (tertiary/aromatic N) is 1. The maximum atomic E-state index is 12.7. The van der Waals surface area contributed by atoms with E-state index in [1.165, 1.54) is 11.3 Å². The van der Waals surface area contributed by atoms with Crippen LogP contribution < -0.4 is 5.32 Å². The molecule has 2 amide bonds. The van der Waals surface area contributed by atoms with Gasteiger partial charge >= 0.3 is 0 Å². The Morgan fingerprint density at radius 3 is 2.50 bits per heavy atom. The molecule has 1 atom stereocenters. The van der Waals surface area contributed by atoms with E-state index in [-0.39, 0.29) is 11.8 Å². The molecule has 3 rings (SSSR count). The molecule has 122 valence electrons. The minimum atomic E-state index is -0.821. The van der Waals surface area contributed by atoms with E-state index in [1.54, 1.807) is 29.2 Å². The first-order valence-electron chi connectivity index (χ1n) is 7.70. The summed E-state index contributed by atoms with van der Waals surface area (Å²) in [7, 11) is 0. The zero-order valence-electron chi connectivity index (χ0n) is 13.6. The molecule has 4 nitrogen and oxygen atoms in total. The molecule has 24 heavy (non-hydrogen) atoms. The summed E-state index contributed by atoms with van der Waals surface area (Å²) in [6.07, 6.45) is 5.98. The molecule has 0 saturated carbocycles. The molecule has 5 heteroatoms. The summed E-state index contributed by atoms with van der Waals surface area (Å²) in [5, 5.41) is 4.78. The first-order valence-corrected chi connectivity index (χ1v) is 8.58. The third-order valence-electron chi connectivity index (χ3n) is 4.52. The van der Waals surface area contributed by atoms with Crippen LogP contribution >= 0.6 is 11.3 Å². The number of carbonyl (C=O) groups excluding carboxylic acids is 2. The number of nitrogens with one attached hydrogen (secondary N) is 1. The van der Waals surface area contributed by atoms with Gasteiger partial charge in [-0.15, -0.1) is 17.8 Å². The maximum Gasteiger partial charge on any atom is 0.265 e. The van der Waals surface area contributed by atoms with Gasteiger partial charge in [0.15, 0.2) is 0 Å². The van der Waals surface area contributed by atoms with Crippen LogP contribution in [-0.4, -0.2) is 28.8 Å². The van der Waals surface area contributed by atoms with Crippen molar-refractivity contribution in [3.8, 4) is 12.3 Å². The number of carbonyl (C=O) groups is 2. The highest BCUT2D eigenvalue weighted by molar-refractivity contribution is 7.12. The highest BCUT2D eigenvalue weighted by atomic mass is 32.1. The molecule has 0 radical (unpaired) electrons. The Morgan fingerprint density at radius 2 is 2.00 bits per heavy atom. The Morgan fingerprint density at radius 1 is 1.29 bits per heavy atom. The van der Waals surface area contributed by atoms with E-state index in [1.807, 2.05) is 25.3 Å². The molecule has 1 unspecified atom stereocenters. The molecule has 1 saturated heterocycles. The van der Waals surface area contributed by atoms with Gasteiger partial charge in [0.05, 0.1) is 4.88 Å². The van der Waals surface area contributed by atoms with Crippen molar-refractivity contribution in [2.75, 3.05) is 11.9 Å². The Labute approximate surface area is 145 Å². The van der Waals surface area contributed by atoms with Gasteiger partial charge in [-0.2, -0.15) is 0 Å². The fraction of sp³-hybridized carbons (Fsp3) is 0.263. The molecule has 2 aromatic rings. The molecule has 1 aromatic carbocycles. The molecule has 1 aromatic heterocycles. The predicted molar refractivity (Wildman–Crippen MR) is 96.1 cm³/mol. The van der Waals surface area contributed by atoms with Crippen LogP contribution in [0.25, 0.3) is 0 Å². The summed E-state index contributed by atoms with van der Waals surface area (Å²) in [4.78, 5) is 27.7. The van der Waals surface area contributed by atoms with Gasteiger partial charge in [-0.3, -0.25) is 9.59 Å². The van der Waals surface area contributed by atoms with Gasteiger partial charge in [0.25, 0.3) is 5.91 Å². The van der Waals surface area contributed by atoms with Gasteiger partial charge in [-0.25, -0.2) is 0 Å². The van der Waals surface area contributed by atoms with Crippen molar-refractivity contribution < 1.29 is 9.59 Å². The highest BCUT2D eigenvalue weighted by Gasteiger charge is 2.50. The number of hydrogen-bond donors (Lipinski definition) is 1. The zero-order chi connectivity index (χ0) is 17.3. The molecule has 1 fully saturated rings. The van der Waals surface area contributed by atoms with Crippen LogP contribution in [0.4, 0.5) is 5.69 Å². The van der Waals surface area contributed by atoms with Crippen LogP contribution in [0.5, 0.6) is 0 Å². The molecular formula is C19H18N2O2S. The van der Waals surface area contributed by atoms with Gasteiger partial charge < -0.3 is 10.2 Å². The number of likely N-dealkylation sites (tertiary alicyclic amines) is 1. The molecular weight excluding hydrogens is 320 g/mol. The minimum Gasteiger partial charge on any atom is -0.324 e. The second kappa shape index (κ2) is 6.14. The number of amides is 2.